The molecule has 0 aliphatic rings. The molecule has 8 nitrogen and oxygen atoms in total. The maximum Gasteiger partial charge on any atom is 0.257 e. The number of benzene rings is 2. The van der Waals surface area contributed by atoms with Crippen LogP contribution in [0.4, 0.5) is 11.6 Å². The standard InChI is InChI=1S/C22H23N5O3/c1-4-16-14(2)23-21(26-20(16)29)27-22(24-17-12-8-9-13-18(17)30-3)25-19(28)15-10-6-5-7-11-15/h5-13H,4H2,1-3H3,(H3,23,24,25,26,27,28,29). The average Bonchev–Trinajstić information content (AvgIpc) is 2.74. The van der Waals surface area contributed by atoms with E-state index in [0.717, 1.165) is 0 Å². The van der Waals surface area contributed by atoms with Crippen LogP contribution >= 0.6 is 0 Å². The minimum Gasteiger partial charge on any atom is -0.495 e. The molecule has 3 aromatic rings. The topological polar surface area (TPSA) is 108 Å². The van der Waals surface area contributed by atoms with Crippen LogP contribution in [0.15, 0.2) is 64.4 Å². The fourth-order valence-electron chi connectivity index (χ4n) is 2.90. The lowest BCUT2D eigenvalue weighted by Gasteiger charge is -2.14. The van der Waals surface area contributed by atoms with Crippen LogP contribution < -0.4 is 20.9 Å². The van der Waals surface area contributed by atoms with Crippen LogP contribution in [-0.2, 0) is 6.42 Å². The smallest absolute Gasteiger partial charge is 0.257 e. The zero-order chi connectivity index (χ0) is 21.5. The van der Waals surface area contributed by atoms with Gasteiger partial charge in [0.05, 0.1) is 12.8 Å². The number of aliphatic imine (C=N–C) groups is 1. The van der Waals surface area contributed by atoms with Gasteiger partial charge in [-0.15, -0.1) is 0 Å². The van der Waals surface area contributed by atoms with Crippen molar-refractivity contribution in [1.82, 2.24) is 15.3 Å². The molecule has 1 amide bonds. The minimum absolute atomic E-state index is 0.0838. The summed E-state index contributed by atoms with van der Waals surface area (Å²) in [5.41, 5.74) is 1.99. The van der Waals surface area contributed by atoms with E-state index in [1.165, 1.54) is 0 Å². The number of nitrogens with one attached hydrogen (secondary N) is 3. The number of aromatic amines is 1. The summed E-state index contributed by atoms with van der Waals surface area (Å²) in [6.45, 7) is 3.64. The maximum absolute atomic E-state index is 12.7. The number of hydrogen-bond donors (Lipinski definition) is 3. The Kier molecular flexibility index (Phi) is 6.59. The van der Waals surface area contributed by atoms with Crippen molar-refractivity contribution >= 4 is 23.5 Å². The molecule has 1 aromatic heterocycles. The van der Waals surface area contributed by atoms with E-state index in [-0.39, 0.29) is 23.4 Å². The number of carbonyl (C=O) groups is 1. The quantitative estimate of drug-likeness (QED) is 0.446. The van der Waals surface area contributed by atoms with E-state index < -0.39 is 0 Å². The Morgan fingerprint density at radius 3 is 2.50 bits per heavy atom. The lowest BCUT2D eigenvalue weighted by atomic mass is 10.2. The fraction of sp³-hybridized carbons (Fsp3) is 0.182. The number of guanidine groups is 1. The Morgan fingerprint density at radius 1 is 1.13 bits per heavy atom. The highest BCUT2D eigenvalue weighted by Gasteiger charge is 2.13. The zero-order valence-corrected chi connectivity index (χ0v) is 17.0. The van der Waals surface area contributed by atoms with Gasteiger partial charge in [-0.1, -0.05) is 37.3 Å². The van der Waals surface area contributed by atoms with E-state index in [9.17, 15) is 9.59 Å². The third kappa shape index (κ3) is 4.91. The van der Waals surface area contributed by atoms with Crippen LogP contribution in [0, 0.1) is 6.92 Å². The molecule has 30 heavy (non-hydrogen) atoms. The molecule has 0 aliphatic heterocycles. The van der Waals surface area contributed by atoms with E-state index in [1.54, 1.807) is 50.4 Å². The summed E-state index contributed by atoms with van der Waals surface area (Å²) >= 11 is 0. The van der Waals surface area contributed by atoms with Gasteiger partial charge in [0, 0.05) is 16.8 Å². The number of carbonyl (C=O) groups excluding carboxylic acids is 1. The molecular weight excluding hydrogens is 382 g/mol. The van der Waals surface area contributed by atoms with Gasteiger partial charge in [-0.2, -0.15) is 4.99 Å². The highest BCUT2D eigenvalue weighted by molar-refractivity contribution is 6.10. The Balaban J connectivity index is 1.99. The van der Waals surface area contributed by atoms with Gasteiger partial charge in [-0.3, -0.25) is 19.9 Å². The Bertz CT molecular complexity index is 1120. The molecule has 0 aliphatic carbocycles. The summed E-state index contributed by atoms with van der Waals surface area (Å²) < 4.78 is 5.35. The number of para-hydroxylation sites is 2. The van der Waals surface area contributed by atoms with Gasteiger partial charge >= 0.3 is 0 Å². The molecule has 0 spiro atoms. The van der Waals surface area contributed by atoms with E-state index in [1.807, 2.05) is 25.1 Å². The van der Waals surface area contributed by atoms with Gasteiger partial charge in [-0.25, -0.2) is 4.98 Å². The number of amides is 1. The molecule has 0 saturated carbocycles. The summed E-state index contributed by atoms with van der Waals surface area (Å²) in [5, 5.41) is 5.78. The zero-order valence-electron chi connectivity index (χ0n) is 17.0. The first-order valence-corrected chi connectivity index (χ1v) is 9.46. The van der Waals surface area contributed by atoms with Gasteiger partial charge in [0.15, 0.2) is 0 Å². The number of H-pyrrole nitrogens is 1. The monoisotopic (exact) mass is 405 g/mol. The van der Waals surface area contributed by atoms with E-state index in [4.69, 9.17) is 4.74 Å². The number of ether oxygens (including phenoxy) is 1. The predicted molar refractivity (Wildman–Crippen MR) is 117 cm³/mol. The molecule has 1 heterocycles. The van der Waals surface area contributed by atoms with Crippen molar-refractivity contribution < 1.29 is 9.53 Å². The normalized spacial score (nSPS) is 11.1. The molecule has 2 aromatic carbocycles. The Morgan fingerprint density at radius 2 is 1.83 bits per heavy atom. The molecular formula is C22H23N5O3. The van der Waals surface area contributed by atoms with Crippen molar-refractivity contribution in [3.05, 3.63) is 81.8 Å². The van der Waals surface area contributed by atoms with E-state index in [0.29, 0.717) is 34.7 Å². The van der Waals surface area contributed by atoms with Crippen LogP contribution in [0.3, 0.4) is 0 Å². The van der Waals surface area contributed by atoms with Gasteiger partial charge in [0.1, 0.15) is 5.75 Å². The van der Waals surface area contributed by atoms with Gasteiger partial charge in [0.25, 0.3) is 11.5 Å². The third-order valence-electron chi connectivity index (χ3n) is 4.41. The summed E-state index contributed by atoms with van der Waals surface area (Å²) in [5.74, 6) is 0.389. The first kappa shape index (κ1) is 20.8. The van der Waals surface area contributed by atoms with E-state index in [2.05, 4.69) is 25.6 Å². The maximum atomic E-state index is 12.7. The summed E-state index contributed by atoms with van der Waals surface area (Å²) in [6.07, 6.45) is 0.565. The minimum atomic E-state index is -0.360. The largest absolute Gasteiger partial charge is 0.495 e. The number of methoxy groups -OCH3 is 1. The molecule has 8 heteroatoms. The first-order valence-electron chi connectivity index (χ1n) is 9.46. The van der Waals surface area contributed by atoms with Crippen LogP contribution in [-0.4, -0.2) is 28.9 Å². The fourth-order valence-corrected chi connectivity index (χ4v) is 2.90. The second-order valence-electron chi connectivity index (χ2n) is 6.41. The highest BCUT2D eigenvalue weighted by atomic mass is 16.5. The first-order chi connectivity index (χ1) is 14.5. The number of hydrogen-bond acceptors (Lipinski definition) is 5. The molecule has 0 saturated heterocycles. The van der Waals surface area contributed by atoms with Crippen molar-refractivity contribution in [2.45, 2.75) is 20.3 Å². The van der Waals surface area contributed by atoms with E-state index >= 15 is 0 Å². The molecule has 0 radical (unpaired) electrons. The number of rotatable bonds is 5. The summed E-state index contributed by atoms with van der Waals surface area (Å²) in [4.78, 5) is 36.3. The summed E-state index contributed by atoms with van der Waals surface area (Å²) in [7, 11) is 1.55. The lowest BCUT2D eigenvalue weighted by Crippen LogP contribution is -2.36. The molecule has 0 fully saturated rings. The number of aromatic nitrogens is 2. The number of anilines is 1. The SMILES string of the molecule is CCc1c(C)nc(N=C(NC(=O)c2ccccc2)Nc2ccccc2OC)[nH]c1=O. The van der Waals surface area contributed by atoms with Gasteiger partial charge in [-0.05, 0) is 37.6 Å². The number of nitrogens with zero attached hydrogens (tertiary/aromatic N) is 2. The molecule has 3 N–H and O–H groups in total. The van der Waals surface area contributed by atoms with Crippen molar-refractivity contribution in [3.63, 3.8) is 0 Å². The third-order valence-corrected chi connectivity index (χ3v) is 4.41. The van der Waals surface area contributed by atoms with Crippen LogP contribution in [0.25, 0.3) is 0 Å². The second kappa shape index (κ2) is 9.51. The predicted octanol–water partition coefficient (Wildman–Crippen LogP) is 3.18. The second-order valence-corrected chi connectivity index (χ2v) is 6.41. The van der Waals surface area contributed by atoms with Crippen molar-refractivity contribution in [1.29, 1.82) is 0 Å². The molecule has 3 rings (SSSR count). The molecule has 0 bridgehead atoms. The van der Waals surface area contributed by atoms with Crippen LogP contribution in [0.5, 0.6) is 5.75 Å². The van der Waals surface area contributed by atoms with Crippen LogP contribution in [0.1, 0.15) is 28.5 Å². The van der Waals surface area contributed by atoms with Gasteiger partial charge < -0.3 is 10.1 Å². The molecule has 0 unspecified atom stereocenters. The van der Waals surface area contributed by atoms with Crippen LogP contribution in [0.2, 0.25) is 0 Å². The molecule has 154 valence electrons. The average molecular weight is 405 g/mol. The van der Waals surface area contributed by atoms with Crippen molar-refractivity contribution in [2.75, 3.05) is 12.4 Å². The van der Waals surface area contributed by atoms with Gasteiger partial charge in [0.2, 0.25) is 11.9 Å². The Hall–Kier alpha value is -3.94. The number of aryl methyl sites for hydroxylation is 1. The van der Waals surface area contributed by atoms with Crippen molar-refractivity contribution in [2.24, 2.45) is 4.99 Å². The Labute approximate surface area is 174 Å². The van der Waals surface area contributed by atoms with Crippen molar-refractivity contribution in [3.8, 4) is 5.75 Å². The molecule has 0 atom stereocenters. The lowest BCUT2D eigenvalue weighted by molar-refractivity contribution is 0.0977. The highest BCUT2D eigenvalue weighted by Crippen LogP contribution is 2.23. The summed E-state index contributed by atoms with van der Waals surface area (Å²) in [6, 6.07) is 16.0.